The average molecular weight is 420 g/mol. The Morgan fingerprint density at radius 1 is 0.935 bits per heavy atom. The van der Waals surface area contributed by atoms with Crippen LogP contribution in [-0.4, -0.2) is 33.2 Å². The number of carbonyl (C=O) groups excluding carboxylic acids is 2. The summed E-state index contributed by atoms with van der Waals surface area (Å²) >= 11 is 0. The molecule has 4 rings (SSSR count). The van der Waals surface area contributed by atoms with Crippen LogP contribution in [0.15, 0.2) is 78.5 Å². The maximum atomic E-state index is 13.3. The van der Waals surface area contributed by atoms with Gasteiger partial charge in [0.15, 0.2) is 0 Å². The summed E-state index contributed by atoms with van der Waals surface area (Å²) in [5, 5.41) is 10.9. The number of likely N-dealkylation sites (tertiary alicyclic amines) is 1. The lowest BCUT2D eigenvalue weighted by atomic mass is 9.98. The van der Waals surface area contributed by atoms with Crippen molar-refractivity contribution in [2.24, 2.45) is 0 Å². The van der Waals surface area contributed by atoms with Crippen molar-refractivity contribution < 1.29 is 23.5 Å². The van der Waals surface area contributed by atoms with Gasteiger partial charge in [0.2, 0.25) is 0 Å². The minimum Gasteiger partial charge on any atom is -0.507 e. The molecule has 0 saturated carbocycles. The number of aliphatic hydroxyl groups is 1. The number of hydrogen-bond donors (Lipinski definition) is 1. The van der Waals surface area contributed by atoms with Crippen LogP contribution in [0.25, 0.3) is 5.76 Å². The van der Waals surface area contributed by atoms with E-state index < -0.39 is 29.3 Å². The van der Waals surface area contributed by atoms with Gasteiger partial charge in [0, 0.05) is 18.3 Å². The fourth-order valence-corrected chi connectivity index (χ4v) is 3.62. The van der Waals surface area contributed by atoms with Crippen molar-refractivity contribution in [2.45, 2.75) is 12.5 Å². The number of aromatic nitrogens is 1. The van der Waals surface area contributed by atoms with Gasteiger partial charge in [-0.05, 0) is 60.5 Å². The highest BCUT2D eigenvalue weighted by atomic mass is 19.1. The summed E-state index contributed by atoms with van der Waals surface area (Å²) < 4.78 is 26.5. The Morgan fingerprint density at radius 2 is 1.58 bits per heavy atom. The lowest BCUT2D eigenvalue weighted by molar-refractivity contribution is -0.139. The molecule has 1 atom stereocenters. The number of rotatable bonds is 5. The van der Waals surface area contributed by atoms with Crippen LogP contribution in [0.3, 0.4) is 0 Å². The molecule has 1 unspecified atom stereocenters. The van der Waals surface area contributed by atoms with Gasteiger partial charge in [-0.3, -0.25) is 14.6 Å². The Morgan fingerprint density at radius 3 is 2.19 bits per heavy atom. The lowest BCUT2D eigenvalue weighted by Crippen LogP contribution is -2.32. The van der Waals surface area contributed by atoms with Gasteiger partial charge < -0.3 is 10.0 Å². The molecule has 1 aliphatic rings. The van der Waals surface area contributed by atoms with E-state index in [0.29, 0.717) is 12.1 Å². The molecule has 0 aliphatic carbocycles. The van der Waals surface area contributed by atoms with Gasteiger partial charge in [0.1, 0.15) is 23.4 Å². The Balaban J connectivity index is 1.74. The number of nitrogens with zero attached hydrogens (tertiary/aromatic N) is 2. The lowest BCUT2D eigenvalue weighted by Gasteiger charge is -2.24. The molecule has 3 aromatic rings. The second kappa shape index (κ2) is 8.47. The van der Waals surface area contributed by atoms with E-state index >= 15 is 0 Å². The zero-order chi connectivity index (χ0) is 22.0. The van der Waals surface area contributed by atoms with Crippen molar-refractivity contribution in [3.8, 4) is 0 Å². The van der Waals surface area contributed by atoms with E-state index in [1.807, 2.05) is 0 Å². The highest BCUT2D eigenvalue weighted by Crippen LogP contribution is 2.38. The van der Waals surface area contributed by atoms with Gasteiger partial charge in [-0.2, -0.15) is 0 Å². The van der Waals surface area contributed by atoms with Crippen LogP contribution in [0, 0.1) is 11.6 Å². The summed E-state index contributed by atoms with van der Waals surface area (Å²) in [6.07, 6.45) is 1.92. The number of halogens is 2. The minimum absolute atomic E-state index is 0.102. The van der Waals surface area contributed by atoms with E-state index in [9.17, 15) is 23.5 Å². The number of Topliss-reactive ketones (excluding diaryl/α,β-unsaturated/α-hetero) is 1. The molecular weight excluding hydrogens is 402 g/mol. The fourth-order valence-electron chi connectivity index (χ4n) is 3.62. The maximum absolute atomic E-state index is 13.3. The molecule has 0 radical (unpaired) electrons. The van der Waals surface area contributed by atoms with Crippen molar-refractivity contribution in [1.29, 1.82) is 0 Å². The standard InChI is InChI=1S/C24H18F2N2O3/c25-17-8-4-15(5-9-17)12-14-28-21(19-3-1-2-13-27-19)20(23(30)24(28)31)22(29)16-6-10-18(26)11-7-16/h1-11,13,21,29H,12,14H2/b22-20-. The zero-order valence-electron chi connectivity index (χ0n) is 16.3. The SMILES string of the molecule is O=C1C(=O)N(CCc2ccc(F)cc2)C(c2ccccn2)/C1=C(/O)c1ccc(F)cc1. The highest BCUT2D eigenvalue weighted by molar-refractivity contribution is 6.46. The molecule has 7 heteroatoms. The van der Waals surface area contributed by atoms with Crippen molar-refractivity contribution >= 4 is 17.4 Å². The third-order valence-electron chi connectivity index (χ3n) is 5.18. The van der Waals surface area contributed by atoms with Gasteiger partial charge in [-0.25, -0.2) is 8.78 Å². The molecule has 31 heavy (non-hydrogen) atoms. The molecule has 1 aromatic heterocycles. The molecule has 2 aromatic carbocycles. The summed E-state index contributed by atoms with van der Waals surface area (Å²) in [6, 6.07) is 15.1. The molecule has 0 bridgehead atoms. The Hall–Kier alpha value is -3.87. The van der Waals surface area contributed by atoms with Gasteiger partial charge in [0.05, 0.1) is 11.3 Å². The van der Waals surface area contributed by atoms with Crippen molar-refractivity contribution in [1.82, 2.24) is 9.88 Å². The van der Waals surface area contributed by atoms with Crippen LogP contribution in [0.2, 0.25) is 0 Å². The molecular formula is C24H18F2N2O3. The molecule has 156 valence electrons. The van der Waals surface area contributed by atoms with Crippen molar-refractivity contribution in [3.05, 3.63) is 107 Å². The number of carbonyl (C=O) groups is 2. The first-order valence-corrected chi connectivity index (χ1v) is 9.65. The van der Waals surface area contributed by atoms with Crippen LogP contribution in [0.1, 0.15) is 22.9 Å². The van der Waals surface area contributed by atoms with Gasteiger partial charge in [0.25, 0.3) is 11.7 Å². The number of pyridine rings is 1. The molecule has 1 saturated heterocycles. The van der Waals surface area contributed by atoms with E-state index in [2.05, 4.69) is 4.98 Å². The second-order valence-corrected chi connectivity index (χ2v) is 7.13. The highest BCUT2D eigenvalue weighted by Gasteiger charge is 2.46. The van der Waals surface area contributed by atoms with Crippen molar-refractivity contribution in [3.63, 3.8) is 0 Å². The Bertz CT molecular complexity index is 1140. The summed E-state index contributed by atoms with van der Waals surface area (Å²) in [6.45, 7) is 0.164. The summed E-state index contributed by atoms with van der Waals surface area (Å²) in [4.78, 5) is 31.4. The number of benzene rings is 2. The van der Waals surface area contributed by atoms with E-state index in [1.165, 1.54) is 35.4 Å². The average Bonchev–Trinajstić information content (AvgIpc) is 3.04. The fraction of sp³-hybridized carbons (Fsp3) is 0.125. The summed E-state index contributed by atoms with van der Waals surface area (Å²) in [7, 11) is 0. The zero-order valence-corrected chi connectivity index (χ0v) is 16.3. The predicted octanol–water partition coefficient (Wildman–Crippen LogP) is 4.02. The monoisotopic (exact) mass is 420 g/mol. The quantitative estimate of drug-likeness (QED) is 0.385. The van der Waals surface area contributed by atoms with Crippen LogP contribution in [0.5, 0.6) is 0 Å². The summed E-state index contributed by atoms with van der Waals surface area (Å²) in [5.74, 6) is -2.84. The normalized spacial score (nSPS) is 17.9. The minimum atomic E-state index is -0.897. The number of ketones is 1. The predicted molar refractivity (Wildman–Crippen MR) is 110 cm³/mol. The third kappa shape index (κ3) is 4.07. The first kappa shape index (κ1) is 20.4. The van der Waals surface area contributed by atoms with Crippen LogP contribution in [-0.2, 0) is 16.0 Å². The van der Waals surface area contributed by atoms with Gasteiger partial charge in [-0.1, -0.05) is 18.2 Å². The maximum Gasteiger partial charge on any atom is 0.295 e. The van der Waals surface area contributed by atoms with Crippen LogP contribution < -0.4 is 0 Å². The second-order valence-electron chi connectivity index (χ2n) is 7.13. The molecule has 1 N–H and O–H groups in total. The first-order valence-electron chi connectivity index (χ1n) is 9.65. The topological polar surface area (TPSA) is 70.5 Å². The molecule has 1 fully saturated rings. The molecule has 5 nitrogen and oxygen atoms in total. The van der Waals surface area contributed by atoms with Gasteiger partial charge in [-0.15, -0.1) is 0 Å². The van der Waals surface area contributed by atoms with Gasteiger partial charge >= 0.3 is 0 Å². The molecule has 0 spiro atoms. The first-order chi connectivity index (χ1) is 15.0. The van der Waals surface area contributed by atoms with E-state index in [-0.39, 0.29) is 23.5 Å². The van der Waals surface area contributed by atoms with E-state index in [4.69, 9.17) is 0 Å². The third-order valence-corrected chi connectivity index (χ3v) is 5.18. The van der Waals surface area contributed by atoms with Crippen LogP contribution in [0.4, 0.5) is 8.78 Å². The smallest absolute Gasteiger partial charge is 0.295 e. The van der Waals surface area contributed by atoms with E-state index in [0.717, 1.165) is 17.7 Å². The number of aliphatic hydroxyl groups excluding tert-OH is 1. The number of amides is 1. The van der Waals surface area contributed by atoms with E-state index in [1.54, 1.807) is 30.3 Å². The molecule has 2 heterocycles. The molecule has 1 amide bonds. The summed E-state index contributed by atoms with van der Waals surface area (Å²) in [5.41, 5.74) is 1.33. The van der Waals surface area contributed by atoms with Crippen molar-refractivity contribution in [2.75, 3.05) is 6.54 Å². The largest absolute Gasteiger partial charge is 0.507 e. The number of hydrogen-bond acceptors (Lipinski definition) is 4. The Kier molecular flexibility index (Phi) is 5.58. The Labute approximate surface area is 177 Å². The molecule has 1 aliphatic heterocycles. The van der Waals surface area contributed by atoms with Crippen LogP contribution >= 0.6 is 0 Å².